The minimum absolute atomic E-state index is 0.346. The minimum atomic E-state index is -4.69. The van der Waals surface area contributed by atoms with Crippen LogP contribution in [0.4, 0.5) is 13.2 Å². The van der Waals surface area contributed by atoms with E-state index < -0.39 is 23.3 Å². The number of carbonyl (C=O) groups is 1. The second-order valence-corrected chi connectivity index (χ2v) is 5.05. The first kappa shape index (κ1) is 16.7. The summed E-state index contributed by atoms with van der Waals surface area (Å²) in [6.07, 6.45) is -2.04. The second kappa shape index (κ2) is 6.92. The van der Waals surface area contributed by atoms with Crippen molar-refractivity contribution >= 4 is 21.8 Å². The fraction of sp³-hybridized carbons (Fsp3) is 0.500. The molecule has 8 heteroatoms. The Balaban J connectivity index is 2.90. The van der Waals surface area contributed by atoms with Gasteiger partial charge in [0.2, 0.25) is 0 Å². The highest BCUT2D eigenvalue weighted by molar-refractivity contribution is 9.10. The van der Waals surface area contributed by atoms with Crippen LogP contribution in [-0.2, 0) is 6.18 Å². The average molecular weight is 355 g/mol. The van der Waals surface area contributed by atoms with E-state index in [2.05, 4.69) is 21.2 Å². The summed E-state index contributed by atoms with van der Waals surface area (Å²) in [4.78, 5) is 24.9. The van der Waals surface area contributed by atoms with E-state index in [9.17, 15) is 22.8 Å². The topological polar surface area (TPSA) is 62.0 Å². The number of hydrogen-bond acceptors (Lipinski definition) is 2. The maximum Gasteiger partial charge on any atom is 0.432 e. The Morgan fingerprint density at radius 2 is 2.05 bits per heavy atom. The molecule has 0 aliphatic carbocycles. The lowest BCUT2D eigenvalue weighted by molar-refractivity contribution is -0.142. The van der Waals surface area contributed by atoms with Gasteiger partial charge in [0.25, 0.3) is 11.5 Å². The van der Waals surface area contributed by atoms with Crippen molar-refractivity contribution in [1.29, 1.82) is 0 Å². The van der Waals surface area contributed by atoms with Gasteiger partial charge in [-0.25, -0.2) is 0 Å². The number of aromatic amines is 1. The molecule has 1 aromatic rings. The Morgan fingerprint density at radius 3 is 2.60 bits per heavy atom. The Hall–Kier alpha value is -1.31. The lowest BCUT2D eigenvalue weighted by atomic mass is 10.2. The van der Waals surface area contributed by atoms with E-state index in [0.29, 0.717) is 6.54 Å². The molecule has 0 saturated heterocycles. The fourth-order valence-corrected chi connectivity index (χ4v) is 2.10. The third-order valence-electron chi connectivity index (χ3n) is 2.59. The first-order valence-corrected chi connectivity index (χ1v) is 6.85. The van der Waals surface area contributed by atoms with Crippen molar-refractivity contribution < 1.29 is 18.0 Å². The van der Waals surface area contributed by atoms with E-state index in [-0.39, 0.29) is 10.0 Å². The van der Waals surface area contributed by atoms with Gasteiger partial charge < -0.3 is 10.3 Å². The SMILES string of the molecule is CCCCCNC(=O)c1cc(Br)c(C(F)(F)F)[nH]c1=O. The van der Waals surface area contributed by atoms with Gasteiger partial charge in [-0.15, -0.1) is 0 Å². The molecule has 112 valence electrons. The maximum absolute atomic E-state index is 12.5. The number of aromatic nitrogens is 1. The molecule has 0 aliphatic rings. The van der Waals surface area contributed by atoms with Gasteiger partial charge in [-0.1, -0.05) is 19.8 Å². The number of hydrogen-bond donors (Lipinski definition) is 2. The maximum atomic E-state index is 12.5. The molecule has 0 aliphatic heterocycles. The van der Waals surface area contributed by atoms with Crippen molar-refractivity contribution in [3.63, 3.8) is 0 Å². The summed E-state index contributed by atoms with van der Waals surface area (Å²) < 4.78 is 37.3. The average Bonchev–Trinajstić information content (AvgIpc) is 2.35. The third-order valence-corrected chi connectivity index (χ3v) is 3.21. The predicted octanol–water partition coefficient (Wildman–Crippen LogP) is 3.08. The van der Waals surface area contributed by atoms with Gasteiger partial charge >= 0.3 is 6.18 Å². The zero-order valence-electron chi connectivity index (χ0n) is 10.7. The van der Waals surface area contributed by atoms with Crippen molar-refractivity contribution in [3.05, 3.63) is 32.2 Å². The van der Waals surface area contributed by atoms with Crippen molar-refractivity contribution in [2.75, 3.05) is 6.54 Å². The second-order valence-electron chi connectivity index (χ2n) is 4.20. The molecule has 0 aromatic carbocycles. The standard InChI is InChI=1S/C12H14BrF3N2O2/c1-2-3-4-5-17-10(19)7-6-8(13)9(12(14,15)16)18-11(7)20/h6H,2-5H2,1H3,(H,17,19)(H,18,20). The first-order valence-electron chi connectivity index (χ1n) is 6.05. The van der Waals surface area contributed by atoms with E-state index in [1.54, 1.807) is 4.98 Å². The van der Waals surface area contributed by atoms with Gasteiger partial charge in [-0.2, -0.15) is 13.2 Å². The number of carbonyl (C=O) groups excluding carboxylic acids is 1. The van der Waals surface area contributed by atoms with Gasteiger partial charge in [-0.3, -0.25) is 9.59 Å². The van der Waals surface area contributed by atoms with Crippen LogP contribution >= 0.6 is 15.9 Å². The van der Waals surface area contributed by atoms with Gasteiger partial charge in [0.05, 0.1) is 0 Å². The molecule has 1 heterocycles. The normalized spacial score (nSPS) is 11.4. The van der Waals surface area contributed by atoms with Crippen LogP contribution < -0.4 is 10.9 Å². The van der Waals surface area contributed by atoms with Crippen molar-refractivity contribution in [3.8, 4) is 0 Å². The molecular formula is C12H14BrF3N2O2. The molecule has 1 aromatic heterocycles. The van der Waals surface area contributed by atoms with Gasteiger partial charge in [-0.05, 0) is 28.4 Å². The molecule has 0 atom stereocenters. The highest BCUT2D eigenvalue weighted by Crippen LogP contribution is 2.32. The number of amides is 1. The van der Waals surface area contributed by atoms with Crippen LogP contribution in [0, 0.1) is 0 Å². The number of alkyl halides is 3. The largest absolute Gasteiger partial charge is 0.432 e. The third kappa shape index (κ3) is 4.36. The monoisotopic (exact) mass is 354 g/mol. The molecule has 0 spiro atoms. The zero-order chi connectivity index (χ0) is 15.3. The Bertz CT molecular complexity index is 540. The highest BCUT2D eigenvalue weighted by atomic mass is 79.9. The Kier molecular flexibility index (Phi) is 5.79. The lowest BCUT2D eigenvalue weighted by Crippen LogP contribution is -2.31. The molecule has 2 N–H and O–H groups in total. The van der Waals surface area contributed by atoms with E-state index in [4.69, 9.17) is 0 Å². The zero-order valence-corrected chi connectivity index (χ0v) is 12.3. The van der Waals surface area contributed by atoms with E-state index >= 15 is 0 Å². The van der Waals surface area contributed by atoms with E-state index in [1.807, 2.05) is 6.92 Å². The van der Waals surface area contributed by atoms with Crippen LogP contribution in [0.2, 0.25) is 0 Å². The van der Waals surface area contributed by atoms with Crippen LogP contribution in [0.5, 0.6) is 0 Å². The first-order chi connectivity index (χ1) is 9.27. The predicted molar refractivity (Wildman–Crippen MR) is 71.6 cm³/mol. The van der Waals surface area contributed by atoms with Crippen molar-refractivity contribution in [1.82, 2.24) is 10.3 Å². The Morgan fingerprint density at radius 1 is 1.40 bits per heavy atom. The summed E-state index contributed by atoms with van der Waals surface area (Å²) in [7, 11) is 0. The number of pyridine rings is 1. The highest BCUT2D eigenvalue weighted by Gasteiger charge is 2.35. The van der Waals surface area contributed by atoms with E-state index in [1.165, 1.54) is 0 Å². The van der Waals surface area contributed by atoms with E-state index in [0.717, 1.165) is 25.3 Å². The van der Waals surface area contributed by atoms with Crippen molar-refractivity contribution in [2.45, 2.75) is 32.4 Å². The van der Waals surface area contributed by atoms with Gasteiger partial charge in [0, 0.05) is 11.0 Å². The van der Waals surface area contributed by atoms with Crippen LogP contribution in [0.1, 0.15) is 42.2 Å². The van der Waals surface area contributed by atoms with Crippen LogP contribution in [-0.4, -0.2) is 17.4 Å². The smallest absolute Gasteiger partial charge is 0.352 e. The summed E-state index contributed by atoms with van der Waals surface area (Å²) in [5.74, 6) is -0.684. The van der Waals surface area contributed by atoms with Crippen LogP contribution in [0.3, 0.4) is 0 Å². The molecule has 0 unspecified atom stereocenters. The lowest BCUT2D eigenvalue weighted by Gasteiger charge is -2.10. The number of unbranched alkanes of at least 4 members (excludes halogenated alkanes) is 2. The summed E-state index contributed by atoms with van der Waals surface area (Å²) in [6.45, 7) is 2.38. The number of halogens is 4. The quantitative estimate of drug-likeness (QED) is 0.798. The number of rotatable bonds is 5. The molecule has 4 nitrogen and oxygen atoms in total. The van der Waals surface area contributed by atoms with Crippen molar-refractivity contribution in [2.24, 2.45) is 0 Å². The van der Waals surface area contributed by atoms with Gasteiger partial charge in [0.1, 0.15) is 11.3 Å². The minimum Gasteiger partial charge on any atom is -0.352 e. The summed E-state index contributed by atoms with van der Waals surface area (Å²) >= 11 is 2.71. The molecule has 1 amide bonds. The molecule has 20 heavy (non-hydrogen) atoms. The fourth-order valence-electron chi connectivity index (χ4n) is 1.55. The summed E-state index contributed by atoms with van der Waals surface area (Å²) in [5.41, 5.74) is -2.61. The Labute approximate surface area is 121 Å². The van der Waals surface area contributed by atoms with Gasteiger partial charge in [0.15, 0.2) is 0 Å². The summed E-state index contributed by atoms with van der Waals surface area (Å²) in [5, 5.41) is 2.50. The molecular weight excluding hydrogens is 341 g/mol. The summed E-state index contributed by atoms with van der Waals surface area (Å²) in [6, 6.07) is 0.886. The molecule has 0 radical (unpaired) electrons. The number of nitrogens with one attached hydrogen (secondary N) is 2. The number of H-pyrrole nitrogens is 1. The van der Waals surface area contributed by atoms with Crippen LogP contribution in [0.25, 0.3) is 0 Å². The molecule has 1 rings (SSSR count). The molecule has 0 bridgehead atoms. The molecule has 0 saturated carbocycles. The van der Waals surface area contributed by atoms with Crippen LogP contribution in [0.15, 0.2) is 15.3 Å². The molecule has 0 fully saturated rings.